The predicted molar refractivity (Wildman–Crippen MR) is 78.0 cm³/mol. The van der Waals surface area contributed by atoms with E-state index < -0.39 is 0 Å². The standard InChI is InChI=1S/C14H18N4O/c1-3-18(2)13(19)9-17-12-7-6-11-10(14(12)15)5-4-8-16-11/h4-8,17H,3,9,15H2,1-2H3. The smallest absolute Gasteiger partial charge is 0.241 e. The lowest BCUT2D eigenvalue weighted by Crippen LogP contribution is -2.32. The van der Waals surface area contributed by atoms with Crippen LogP contribution in [0.1, 0.15) is 6.92 Å². The highest BCUT2D eigenvalue weighted by molar-refractivity contribution is 5.97. The van der Waals surface area contributed by atoms with E-state index in [0.29, 0.717) is 12.2 Å². The van der Waals surface area contributed by atoms with Gasteiger partial charge in [0, 0.05) is 25.2 Å². The number of benzene rings is 1. The van der Waals surface area contributed by atoms with Crippen LogP contribution in [-0.2, 0) is 4.79 Å². The van der Waals surface area contributed by atoms with E-state index in [1.165, 1.54) is 0 Å². The largest absolute Gasteiger partial charge is 0.397 e. The molecule has 3 N–H and O–H groups in total. The quantitative estimate of drug-likeness (QED) is 0.819. The fourth-order valence-electron chi connectivity index (χ4n) is 1.81. The summed E-state index contributed by atoms with van der Waals surface area (Å²) in [5.74, 6) is 0.0354. The van der Waals surface area contributed by atoms with Gasteiger partial charge in [-0.05, 0) is 31.2 Å². The molecule has 0 radical (unpaired) electrons. The molecule has 2 aromatic rings. The lowest BCUT2D eigenvalue weighted by atomic mass is 10.1. The van der Waals surface area contributed by atoms with Crippen LogP contribution in [0.3, 0.4) is 0 Å². The Hall–Kier alpha value is -2.30. The number of likely N-dealkylation sites (N-methyl/N-ethyl adjacent to an activating group) is 1. The topological polar surface area (TPSA) is 71.2 Å². The van der Waals surface area contributed by atoms with Crippen molar-refractivity contribution in [3.63, 3.8) is 0 Å². The molecule has 0 saturated carbocycles. The second kappa shape index (κ2) is 5.56. The van der Waals surface area contributed by atoms with Crippen molar-refractivity contribution in [1.82, 2.24) is 9.88 Å². The molecule has 0 saturated heterocycles. The van der Waals surface area contributed by atoms with Gasteiger partial charge in [0.15, 0.2) is 0 Å². The van der Waals surface area contributed by atoms with Crippen LogP contribution in [0.2, 0.25) is 0 Å². The molecular weight excluding hydrogens is 240 g/mol. The molecule has 1 aromatic heterocycles. The SMILES string of the molecule is CCN(C)C(=O)CNc1ccc2ncccc2c1N. The molecule has 1 aromatic carbocycles. The summed E-state index contributed by atoms with van der Waals surface area (Å²) in [6.07, 6.45) is 1.73. The summed E-state index contributed by atoms with van der Waals surface area (Å²) in [6.45, 7) is 2.87. The van der Waals surface area contributed by atoms with Crippen LogP contribution in [0.5, 0.6) is 0 Å². The first-order chi connectivity index (χ1) is 9.13. The zero-order chi connectivity index (χ0) is 13.8. The van der Waals surface area contributed by atoms with E-state index in [1.807, 2.05) is 31.2 Å². The van der Waals surface area contributed by atoms with Crippen LogP contribution in [0, 0.1) is 0 Å². The maximum Gasteiger partial charge on any atom is 0.241 e. The van der Waals surface area contributed by atoms with Gasteiger partial charge in [0.1, 0.15) is 0 Å². The van der Waals surface area contributed by atoms with Crippen molar-refractivity contribution in [1.29, 1.82) is 0 Å². The van der Waals surface area contributed by atoms with Gasteiger partial charge in [-0.15, -0.1) is 0 Å². The zero-order valence-electron chi connectivity index (χ0n) is 11.2. The minimum absolute atomic E-state index is 0.0354. The lowest BCUT2D eigenvalue weighted by molar-refractivity contribution is -0.127. The van der Waals surface area contributed by atoms with Gasteiger partial charge in [-0.1, -0.05) is 0 Å². The zero-order valence-corrected chi connectivity index (χ0v) is 11.2. The number of carbonyl (C=O) groups excluding carboxylic acids is 1. The Bertz CT molecular complexity index is 597. The third-order valence-electron chi connectivity index (χ3n) is 3.16. The van der Waals surface area contributed by atoms with Crippen LogP contribution < -0.4 is 11.1 Å². The average Bonchev–Trinajstić information content (AvgIpc) is 2.45. The van der Waals surface area contributed by atoms with E-state index in [0.717, 1.165) is 16.6 Å². The Kier molecular flexibility index (Phi) is 3.85. The number of rotatable bonds is 4. The van der Waals surface area contributed by atoms with Gasteiger partial charge in [0.25, 0.3) is 0 Å². The number of carbonyl (C=O) groups is 1. The number of hydrogen-bond donors (Lipinski definition) is 2. The Morgan fingerprint density at radius 2 is 2.21 bits per heavy atom. The Morgan fingerprint density at radius 3 is 2.95 bits per heavy atom. The number of pyridine rings is 1. The predicted octanol–water partition coefficient (Wildman–Crippen LogP) is 1.71. The Balaban J connectivity index is 2.18. The van der Waals surface area contributed by atoms with Crippen molar-refractivity contribution in [2.24, 2.45) is 0 Å². The molecule has 0 atom stereocenters. The summed E-state index contributed by atoms with van der Waals surface area (Å²) in [6, 6.07) is 7.51. The van der Waals surface area contributed by atoms with E-state index in [9.17, 15) is 4.79 Å². The maximum atomic E-state index is 11.7. The summed E-state index contributed by atoms with van der Waals surface area (Å²) in [7, 11) is 1.78. The van der Waals surface area contributed by atoms with Crippen LogP contribution in [0.15, 0.2) is 30.5 Å². The third kappa shape index (κ3) is 2.76. The number of amides is 1. The van der Waals surface area contributed by atoms with E-state index in [4.69, 9.17) is 5.73 Å². The number of nitrogens with one attached hydrogen (secondary N) is 1. The van der Waals surface area contributed by atoms with Crippen molar-refractivity contribution in [3.8, 4) is 0 Å². The van der Waals surface area contributed by atoms with Crippen molar-refractivity contribution in [2.45, 2.75) is 6.92 Å². The van der Waals surface area contributed by atoms with Crippen molar-refractivity contribution in [3.05, 3.63) is 30.5 Å². The van der Waals surface area contributed by atoms with E-state index in [2.05, 4.69) is 10.3 Å². The Labute approximate surface area is 112 Å². The second-order valence-corrected chi connectivity index (χ2v) is 4.36. The average molecular weight is 258 g/mol. The number of aromatic nitrogens is 1. The second-order valence-electron chi connectivity index (χ2n) is 4.36. The van der Waals surface area contributed by atoms with E-state index in [1.54, 1.807) is 18.1 Å². The monoisotopic (exact) mass is 258 g/mol. The van der Waals surface area contributed by atoms with E-state index in [-0.39, 0.29) is 12.5 Å². The highest BCUT2D eigenvalue weighted by Crippen LogP contribution is 2.27. The minimum Gasteiger partial charge on any atom is -0.397 e. The van der Waals surface area contributed by atoms with Gasteiger partial charge in [0.2, 0.25) is 5.91 Å². The van der Waals surface area contributed by atoms with Crippen LogP contribution in [0.4, 0.5) is 11.4 Å². The molecule has 0 spiro atoms. The summed E-state index contributed by atoms with van der Waals surface area (Å²) < 4.78 is 0. The summed E-state index contributed by atoms with van der Waals surface area (Å²) in [4.78, 5) is 17.6. The molecule has 1 amide bonds. The fraction of sp³-hybridized carbons (Fsp3) is 0.286. The Morgan fingerprint density at radius 1 is 1.42 bits per heavy atom. The fourth-order valence-corrected chi connectivity index (χ4v) is 1.81. The molecule has 19 heavy (non-hydrogen) atoms. The molecule has 0 aliphatic rings. The van der Waals surface area contributed by atoms with Crippen molar-refractivity contribution < 1.29 is 4.79 Å². The lowest BCUT2D eigenvalue weighted by Gasteiger charge is -2.16. The van der Waals surface area contributed by atoms with Gasteiger partial charge in [-0.3, -0.25) is 9.78 Å². The number of nitrogens with two attached hydrogens (primary N) is 1. The highest BCUT2D eigenvalue weighted by Gasteiger charge is 2.08. The summed E-state index contributed by atoms with van der Waals surface area (Å²) in [5.41, 5.74) is 8.32. The highest BCUT2D eigenvalue weighted by atomic mass is 16.2. The van der Waals surface area contributed by atoms with Crippen LogP contribution in [0.25, 0.3) is 10.9 Å². The maximum absolute atomic E-state index is 11.7. The summed E-state index contributed by atoms with van der Waals surface area (Å²) in [5, 5.41) is 3.97. The molecule has 0 bridgehead atoms. The van der Waals surface area contributed by atoms with Gasteiger partial charge in [-0.2, -0.15) is 0 Å². The van der Waals surface area contributed by atoms with E-state index >= 15 is 0 Å². The number of hydrogen-bond acceptors (Lipinski definition) is 4. The first kappa shape index (κ1) is 13.1. The van der Waals surface area contributed by atoms with Crippen molar-refractivity contribution in [2.75, 3.05) is 31.2 Å². The van der Waals surface area contributed by atoms with Gasteiger partial charge < -0.3 is 16.0 Å². The molecule has 0 aliphatic carbocycles. The number of fused-ring (bicyclic) bond motifs is 1. The van der Waals surface area contributed by atoms with Crippen molar-refractivity contribution >= 4 is 28.2 Å². The van der Waals surface area contributed by atoms with Gasteiger partial charge >= 0.3 is 0 Å². The minimum atomic E-state index is 0.0354. The number of nitrogen functional groups attached to an aromatic ring is 1. The molecule has 1 heterocycles. The number of anilines is 2. The van der Waals surface area contributed by atoms with Gasteiger partial charge in [0.05, 0.1) is 23.4 Å². The molecular formula is C14H18N4O. The van der Waals surface area contributed by atoms with Crippen LogP contribution in [-0.4, -0.2) is 35.9 Å². The molecule has 5 heteroatoms. The first-order valence-corrected chi connectivity index (χ1v) is 6.24. The summed E-state index contributed by atoms with van der Waals surface area (Å²) >= 11 is 0. The molecule has 0 fully saturated rings. The third-order valence-corrected chi connectivity index (χ3v) is 3.16. The molecule has 0 aliphatic heterocycles. The normalized spacial score (nSPS) is 10.4. The number of nitrogens with zero attached hydrogens (tertiary/aromatic N) is 2. The molecule has 2 rings (SSSR count). The van der Waals surface area contributed by atoms with Crippen LogP contribution >= 0.6 is 0 Å². The molecule has 5 nitrogen and oxygen atoms in total. The molecule has 100 valence electrons. The first-order valence-electron chi connectivity index (χ1n) is 6.24. The van der Waals surface area contributed by atoms with Gasteiger partial charge in [-0.25, -0.2) is 0 Å². The molecule has 0 unspecified atom stereocenters.